The zero-order valence-corrected chi connectivity index (χ0v) is 20.1. The Morgan fingerprint density at radius 2 is 1.53 bits per heavy atom. The van der Waals surface area contributed by atoms with Crippen LogP contribution in [0.3, 0.4) is 0 Å². The fraction of sp³-hybridized carbons (Fsp3) is 0.185. The first-order chi connectivity index (χ1) is 17.1. The summed E-state index contributed by atoms with van der Waals surface area (Å²) in [7, 11) is -4.17. The molecule has 0 bridgehead atoms. The van der Waals surface area contributed by atoms with Gasteiger partial charge in [0, 0.05) is 35.7 Å². The van der Waals surface area contributed by atoms with Crippen LogP contribution in [0.25, 0.3) is 0 Å². The van der Waals surface area contributed by atoms with Crippen molar-refractivity contribution in [2.45, 2.75) is 17.9 Å². The number of non-ortho nitro benzene ring substituents is 1. The van der Waals surface area contributed by atoms with Gasteiger partial charge in [0.05, 0.1) is 15.9 Å². The second-order valence-corrected chi connectivity index (χ2v) is 10.9. The largest absolute Gasteiger partial charge is 0.293 e. The molecule has 1 heterocycles. The van der Waals surface area contributed by atoms with E-state index in [9.17, 15) is 28.1 Å². The summed E-state index contributed by atoms with van der Waals surface area (Å²) < 4.78 is 29.1. The normalized spacial score (nSPS) is 21.0. The molecule has 5 rings (SSSR count). The van der Waals surface area contributed by atoms with Gasteiger partial charge in [-0.2, -0.15) is 4.31 Å². The van der Waals surface area contributed by atoms with Crippen molar-refractivity contribution in [3.8, 4) is 0 Å². The Morgan fingerprint density at radius 1 is 0.972 bits per heavy atom. The highest BCUT2D eigenvalue weighted by Crippen LogP contribution is 2.59. The summed E-state index contributed by atoms with van der Waals surface area (Å²) in [6, 6.07) is 16.9. The molecule has 36 heavy (non-hydrogen) atoms. The number of carbonyl (C=O) groups excluding carboxylic acids is 2. The summed E-state index contributed by atoms with van der Waals surface area (Å²) >= 11 is 0. The number of benzene rings is 3. The van der Waals surface area contributed by atoms with Crippen LogP contribution in [0.4, 0.5) is 5.69 Å². The molecule has 1 fully saturated rings. The third-order valence-corrected chi connectivity index (χ3v) is 9.03. The third-order valence-electron chi connectivity index (χ3n) is 7.18. The van der Waals surface area contributed by atoms with Gasteiger partial charge in [0.1, 0.15) is 5.41 Å². The predicted octanol–water partition coefficient (Wildman–Crippen LogP) is 4.52. The fourth-order valence-corrected chi connectivity index (χ4v) is 7.11. The smallest absolute Gasteiger partial charge is 0.269 e. The lowest BCUT2D eigenvalue weighted by Gasteiger charge is -2.34. The van der Waals surface area contributed by atoms with Crippen LogP contribution < -0.4 is 0 Å². The van der Waals surface area contributed by atoms with Gasteiger partial charge in [0.15, 0.2) is 11.6 Å². The Balaban J connectivity index is 1.77. The molecule has 8 nitrogen and oxygen atoms in total. The fourth-order valence-electron chi connectivity index (χ4n) is 5.44. The second kappa shape index (κ2) is 8.32. The van der Waals surface area contributed by atoms with Crippen molar-refractivity contribution in [3.05, 3.63) is 118 Å². The van der Waals surface area contributed by atoms with E-state index in [1.807, 2.05) is 6.92 Å². The average molecular weight is 503 g/mol. The first-order valence-electron chi connectivity index (χ1n) is 11.3. The number of sulfonamides is 1. The summed E-state index contributed by atoms with van der Waals surface area (Å²) in [6.45, 7) is 5.53. The van der Waals surface area contributed by atoms with Gasteiger partial charge < -0.3 is 0 Å². The van der Waals surface area contributed by atoms with Gasteiger partial charge in [-0.3, -0.25) is 19.7 Å². The SMILES string of the molecule is C=C[C@@H]1CN(S(=O)(=O)c2ccc(C)cc2)[C@@H](c2ccc([N+](=O)[O-])cc2)C12C(=O)c1ccccc1C2=O. The number of rotatable bonds is 5. The van der Waals surface area contributed by atoms with Gasteiger partial charge in [-0.25, -0.2) is 8.42 Å². The first-order valence-corrected chi connectivity index (χ1v) is 12.7. The summed E-state index contributed by atoms with van der Waals surface area (Å²) in [5, 5.41) is 11.2. The zero-order valence-electron chi connectivity index (χ0n) is 19.3. The van der Waals surface area contributed by atoms with Gasteiger partial charge in [0.2, 0.25) is 10.0 Å². The van der Waals surface area contributed by atoms with E-state index < -0.39 is 43.9 Å². The maximum atomic E-state index is 14.0. The molecule has 1 aliphatic heterocycles. The minimum atomic E-state index is -4.17. The van der Waals surface area contributed by atoms with Crippen molar-refractivity contribution in [2.24, 2.45) is 11.3 Å². The molecule has 0 radical (unpaired) electrons. The van der Waals surface area contributed by atoms with E-state index >= 15 is 0 Å². The first kappa shape index (κ1) is 23.8. The minimum Gasteiger partial charge on any atom is -0.293 e. The molecule has 1 saturated heterocycles. The number of hydrogen-bond donors (Lipinski definition) is 0. The van der Waals surface area contributed by atoms with Crippen LogP contribution in [0.2, 0.25) is 0 Å². The van der Waals surface area contributed by atoms with Crippen molar-refractivity contribution in [3.63, 3.8) is 0 Å². The number of ketones is 2. The van der Waals surface area contributed by atoms with E-state index in [2.05, 4.69) is 6.58 Å². The van der Waals surface area contributed by atoms with E-state index in [1.54, 1.807) is 36.4 Å². The molecule has 0 saturated carbocycles. The van der Waals surface area contributed by atoms with Crippen LogP contribution in [-0.2, 0) is 10.0 Å². The standard InChI is InChI=1S/C27H22N2O6S/c1-3-19-16-28(36(34,35)21-14-8-17(2)9-15-21)24(18-10-12-20(13-11-18)29(32)33)27(19)25(30)22-6-4-5-7-23(22)26(27)31/h3-15,19,24H,1,16H2,2H3/t19-,24+/m1/s1. The van der Waals surface area contributed by atoms with Crippen molar-refractivity contribution in [1.82, 2.24) is 4.31 Å². The van der Waals surface area contributed by atoms with Crippen molar-refractivity contribution in [2.75, 3.05) is 6.54 Å². The maximum absolute atomic E-state index is 14.0. The number of nitrogens with zero attached hydrogens (tertiary/aromatic N) is 2. The van der Waals surface area contributed by atoms with Crippen molar-refractivity contribution < 1.29 is 22.9 Å². The third kappa shape index (κ3) is 3.20. The molecule has 3 aromatic rings. The molecule has 9 heteroatoms. The zero-order chi connectivity index (χ0) is 25.8. The lowest BCUT2D eigenvalue weighted by molar-refractivity contribution is -0.384. The number of aryl methyl sites for hydroxylation is 1. The Labute approximate surface area is 208 Å². The summed E-state index contributed by atoms with van der Waals surface area (Å²) in [6.07, 6.45) is 1.46. The number of fused-ring (bicyclic) bond motifs is 1. The molecule has 3 aromatic carbocycles. The van der Waals surface area contributed by atoms with Crippen LogP contribution in [0, 0.1) is 28.4 Å². The van der Waals surface area contributed by atoms with E-state index in [1.165, 1.54) is 46.8 Å². The van der Waals surface area contributed by atoms with Crippen molar-refractivity contribution in [1.29, 1.82) is 0 Å². The summed E-state index contributed by atoms with van der Waals surface area (Å²) in [5.74, 6) is -1.76. The Morgan fingerprint density at radius 3 is 2.03 bits per heavy atom. The highest BCUT2D eigenvalue weighted by molar-refractivity contribution is 7.89. The Hall–Kier alpha value is -3.95. The van der Waals surface area contributed by atoms with E-state index in [4.69, 9.17) is 0 Å². The molecule has 0 unspecified atom stereocenters. The molecule has 1 spiro atoms. The molecule has 182 valence electrons. The average Bonchev–Trinajstić information content (AvgIpc) is 3.34. The lowest BCUT2D eigenvalue weighted by Crippen LogP contribution is -2.44. The molecular formula is C27H22N2O6S. The van der Waals surface area contributed by atoms with Gasteiger partial charge in [-0.1, -0.05) is 60.2 Å². The summed E-state index contributed by atoms with van der Waals surface area (Å²) in [4.78, 5) is 38.7. The van der Waals surface area contributed by atoms with Crippen LogP contribution in [0.5, 0.6) is 0 Å². The van der Waals surface area contributed by atoms with Gasteiger partial charge in [-0.05, 0) is 24.6 Å². The quantitative estimate of drug-likeness (QED) is 0.219. The van der Waals surface area contributed by atoms with E-state index in [0.717, 1.165) is 5.56 Å². The van der Waals surface area contributed by atoms with E-state index in [0.29, 0.717) is 5.56 Å². The van der Waals surface area contributed by atoms with Crippen LogP contribution in [0.15, 0.2) is 90.3 Å². The predicted molar refractivity (Wildman–Crippen MR) is 132 cm³/mol. The number of hydrogen-bond acceptors (Lipinski definition) is 6. The molecule has 2 atom stereocenters. The number of nitro benzene ring substituents is 1. The molecule has 0 aromatic heterocycles. The highest BCUT2D eigenvalue weighted by atomic mass is 32.2. The maximum Gasteiger partial charge on any atom is 0.269 e. The van der Waals surface area contributed by atoms with Gasteiger partial charge >= 0.3 is 0 Å². The van der Waals surface area contributed by atoms with Gasteiger partial charge in [0.25, 0.3) is 5.69 Å². The summed E-state index contributed by atoms with van der Waals surface area (Å²) in [5.41, 5.74) is -0.313. The second-order valence-electron chi connectivity index (χ2n) is 9.05. The monoisotopic (exact) mass is 502 g/mol. The van der Waals surface area contributed by atoms with Gasteiger partial charge in [-0.15, -0.1) is 6.58 Å². The Bertz CT molecular complexity index is 1490. The molecule has 2 aliphatic rings. The van der Waals surface area contributed by atoms with Crippen LogP contribution in [-0.4, -0.2) is 35.8 Å². The highest BCUT2D eigenvalue weighted by Gasteiger charge is 2.68. The van der Waals surface area contributed by atoms with E-state index in [-0.39, 0.29) is 28.3 Å². The Kier molecular flexibility index (Phi) is 5.50. The topological polar surface area (TPSA) is 115 Å². The van der Waals surface area contributed by atoms with Crippen LogP contribution in [0.1, 0.15) is 37.9 Å². The number of Topliss-reactive ketones (excluding diaryl/α,β-unsaturated/α-hetero) is 2. The van der Waals surface area contributed by atoms with Crippen molar-refractivity contribution >= 4 is 27.3 Å². The minimum absolute atomic E-state index is 0.0234. The molecular weight excluding hydrogens is 480 g/mol. The molecule has 0 N–H and O–H groups in total. The number of carbonyl (C=O) groups is 2. The van der Waals surface area contributed by atoms with Crippen LogP contribution >= 0.6 is 0 Å². The molecule has 0 amide bonds. The number of nitro groups is 1. The lowest BCUT2D eigenvalue weighted by atomic mass is 9.67. The molecule has 1 aliphatic carbocycles.